The predicted octanol–water partition coefficient (Wildman–Crippen LogP) is 2.53. The average molecular weight is 328 g/mol. The van der Waals surface area contributed by atoms with Crippen LogP contribution in [-0.2, 0) is 9.53 Å². The molecule has 0 radical (unpaired) electrons. The molecule has 5 nitrogen and oxygen atoms in total. The lowest BCUT2D eigenvalue weighted by Crippen LogP contribution is -2.41. The van der Waals surface area contributed by atoms with Gasteiger partial charge in [0.2, 0.25) is 5.91 Å². The van der Waals surface area contributed by atoms with E-state index < -0.39 is 0 Å². The average Bonchev–Trinajstić information content (AvgIpc) is 3.26. The summed E-state index contributed by atoms with van der Waals surface area (Å²) in [6.45, 7) is 2.36. The highest BCUT2D eigenvalue weighted by Crippen LogP contribution is 2.48. The summed E-state index contributed by atoms with van der Waals surface area (Å²) in [7, 11) is 0. The Kier molecular flexibility index (Phi) is 4.27. The third-order valence-corrected chi connectivity index (χ3v) is 5.79. The van der Waals surface area contributed by atoms with E-state index in [9.17, 15) is 9.59 Å². The van der Waals surface area contributed by atoms with E-state index in [1.807, 2.05) is 18.2 Å². The van der Waals surface area contributed by atoms with Crippen molar-refractivity contribution in [2.45, 2.75) is 25.7 Å². The molecule has 128 valence electrons. The molecular weight excluding hydrogens is 304 g/mol. The zero-order valence-corrected chi connectivity index (χ0v) is 13.9. The topological polar surface area (TPSA) is 58.6 Å². The van der Waals surface area contributed by atoms with E-state index in [4.69, 9.17) is 4.74 Å². The van der Waals surface area contributed by atoms with Crippen LogP contribution in [0.1, 0.15) is 36.0 Å². The summed E-state index contributed by atoms with van der Waals surface area (Å²) in [4.78, 5) is 27.3. The number of para-hydroxylation sites is 1. The van der Waals surface area contributed by atoms with Crippen molar-refractivity contribution in [3.63, 3.8) is 0 Å². The number of nitrogens with zero attached hydrogens (tertiary/aromatic N) is 1. The molecule has 1 saturated heterocycles. The van der Waals surface area contributed by atoms with Crippen molar-refractivity contribution >= 4 is 17.5 Å². The van der Waals surface area contributed by atoms with Gasteiger partial charge in [0.1, 0.15) is 0 Å². The molecule has 1 aliphatic heterocycles. The molecule has 3 fully saturated rings. The number of carbonyl (C=O) groups excluding carboxylic acids is 2. The van der Waals surface area contributed by atoms with Crippen molar-refractivity contribution in [1.29, 1.82) is 0 Å². The number of nitrogens with one attached hydrogen (secondary N) is 1. The smallest absolute Gasteiger partial charge is 0.256 e. The van der Waals surface area contributed by atoms with Crippen molar-refractivity contribution in [2.75, 3.05) is 31.6 Å². The van der Waals surface area contributed by atoms with Crippen molar-refractivity contribution in [3.8, 4) is 0 Å². The van der Waals surface area contributed by atoms with E-state index in [0.717, 1.165) is 12.3 Å². The van der Waals surface area contributed by atoms with Crippen molar-refractivity contribution in [1.82, 2.24) is 4.90 Å². The molecule has 1 N–H and O–H groups in total. The molecule has 1 heterocycles. The van der Waals surface area contributed by atoms with Gasteiger partial charge in [-0.05, 0) is 43.2 Å². The normalized spacial score (nSPS) is 28.8. The number of ether oxygens (including phenoxy) is 1. The summed E-state index contributed by atoms with van der Waals surface area (Å²) < 4.78 is 5.31. The number of anilines is 1. The molecule has 0 aromatic heterocycles. The van der Waals surface area contributed by atoms with Crippen LogP contribution in [0.4, 0.5) is 5.69 Å². The van der Waals surface area contributed by atoms with Crippen molar-refractivity contribution in [2.24, 2.45) is 17.8 Å². The Morgan fingerprint density at radius 1 is 1.08 bits per heavy atom. The molecule has 4 rings (SSSR count). The second-order valence-electron chi connectivity index (χ2n) is 7.22. The molecule has 1 aromatic carbocycles. The lowest BCUT2D eigenvalue weighted by molar-refractivity contribution is -0.121. The monoisotopic (exact) mass is 328 g/mol. The largest absolute Gasteiger partial charge is 0.378 e. The summed E-state index contributed by atoms with van der Waals surface area (Å²) in [5, 5.41) is 3.04. The molecule has 2 saturated carbocycles. The number of carbonyl (C=O) groups is 2. The van der Waals surface area contributed by atoms with Gasteiger partial charge in [0.05, 0.1) is 24.5 Å². The molecule has 0 unspecified atom stereocenters. The second-order valence-corrected chi connectivity index (χ2v) is 7.22. The van der Waals surface area contributed by atoms with Crippen LogP contribution in [0.2, 0.25) is 0 Å². The fourth-order valence-electron chi connectivity index (χ4n) is 4.51. The summed E-state index contributed by atoms with van der Waals surface area (Å²) in [5.74, 6) is 1.45. The molecule has 3 atom stereocenters. The standard InChI is InChI=1S/C19H24N2O3/c22-18(16-12-13-5-6-14(16)11-13)20-17-4-2-1-3-15(17)19(23)21-7-9-24-10-8-21/h1-4,13-14,16H,5-12H2,(H,20,22)/t13-,14-,16+/m0/s1. The molecule has 1 aromatic rings. The molecular formula is C19H24N2O3. The molecule has 24 heavy (non-hydrogen) atoms. The zero-order chi connectivity index (χ0) is 16.5. The Balaban J connectivity index is 1.49. The quantitative estimate of drug-likeness (QED) is 0.927. The summed E-state index contributed by atoms with van der Waals surface area (Å²) in [6, 6.07) is 7.35. The van der Waals surface area contributed by atoms with Crippen LogP contribution in [0.3, 0.4) is 0 Å². The van der Waals surface area contributed by atoms with E-state index in [1.54, 1.807) is 11.0 Å². The van der Waals surface area contributed by atoms with E-state index in [1.165, 1.54) is 19.3 Å². The van der Waals surface area contributed by atoms with Crippen LogP contribution in [-0.4, -0.2) is 43.0 Å². The Hall–Kier alpha value is -1.88. The van der Waals surface area contributed by atoms with Crippen LogP contribution in [0.25, 0.3) is 0 Å². The highest BCUT2D eigenvalue weighted by Gasteiger charge is 2.43. The van der Waals surface area contributed by atoms with E-state index in [-0.39, 0.29) is 17.7 Å². The first-order valence-electron chi connectivity index (χ1n) is 8.99. The van der Waals surface area contributed by atoms with Gasteiger partial charge in [-0.2, -0.15) is 0 Å². The van der Waals surface area contributed by atoms with Crippen LogP contribution < -0.4 is 5.32 Å². The van der Waals surface area contributed by atoms with E-state index >= 15 is 0 Å². The fraction of sp³-hybridized carbons (Fsp3) is 0.579. The maximum Gasteiger partial charge on any atom is 0.256 e. The zero-order valence-electron chi connectivity index (χ0n) is 13.9. The van der Waals surface area contributed by atoms with Gasteiger partial charge in [0.15, 0.2) is 0 Å². The third kappa shape index (κ3) is 2.93. The lowest BCUT2D eigenvalue weighted by Gasteiger charge is -2.28. The minimum atomic E-state index is -0.0258. The number of rotatable bonds is 3. The van der Waals surface area contributed by atoms with E-state index in [0.29, 0.717) is 43.5 Å². The van der Waals surface area contributed by atoms with Crippen LogP contribution in [0.5, 0.6) is 0 Å². The van der Waals surface area contributed by atoms with Crippen LogP contribution in [0.15, 0.2) is 24.3 Å². The first-order chi connectivity index (χ1) is 11.7. The maximum atomic E-state index is 12.8. The molecule has 5 heteroatoms. The Morgan fingerprint density at radius 3 is 2.58 bits per heavy atom. The molecule has 2 bridgehead atoms. The van der Waals surface area contributed by atoms with Gasteiger partial charge < -0.3 is 15.0 Å². The molecule has 3 aliphatic rings. The number of morpholine rings is 1. The summed E-state index contributed by atoms with van der Waals surface area (Å²) in [5.41, 5.74) is 1.22. The second kappa shape index (κ2) is 6.55. The number of amides is 2. The maximum absolute atomic E-state index is 12.8. The first kappa shape index (κ1) is 15.6. The molecule has 0 spiro atoms. The lowest BCUT2D eigenvalue weighted by atomic mass is 9.88. The highest BCUT2D eigenvalue weighted by atomic mass is 16.5. The van der Waals surface area contributed by atoms with Crippen molar-refractivity contribution in [3.05, 3.63) is 29.8 Å². The number of benzene rings is 1. The Bertz CT molecular complexity index is 639. The van der Waals surface area contributed by atoms with Crippen LogP contribution in [0, 0.1) is 17.8 Å². The predicted molar refractivity (Wildman–Crippen MR) is 90.7 cm³/mol. The number of fused-ring (bicyclic) bond motifs is 2. The number of hydrogen-bond acceptors (Lipinski definition) is 3. The first-order valence-corrected chi connectivity index (χ1v) is 8.99. The van der Waals surface area contributed by atoms with Gasteiger partial charge in [0, 0.05) is 19.0 Å². The van der Waals surface area contributed by atoms with Gasteiger partial charge in [-0.15, -0.1) is 0 Å². The summed E-state index contributed by atoms with van der Waals surface area (Å²) >= 11 is 0. The van der Waals surface area contributed by atoms with Gasteiger partial charge >= 0.3 is 0 Å². The van der Waals surface area contributed by atoms with Gasteiger partial charge in [-0.1, -0.05) is 18.6 Å². The molecule has 2 amide bonds. The minimum Gasteiger partial charge on any atom is -0.378 e. The molecule has 2 aliphatic carbocycles. The Morgan fingerprint density at radius 2 is 1.88 bits per heavy atom. The van der Waals surface area contributed by atoms with Gasteiger partial charge in [0.25, 0.3) is 5.91 Å². The van der Waals surface area contributed by atoms with Gasteiger partial charge in [-0.25, -0.2) is 0 Å². The van der Waals surface area contributed by atoms with Crippen molar-refractivity contribution < 1.29 is 14.3 Å². The fourth-order valence-corrected chi connectivity index (χ4v) is 4.51. The van der Waals surface area contributed by atoms with Crippen LogP contribution >= 0.6 is 0 Å². The highest BCUT2D eigenvalue weighted by molar-refractivity contribution is 6.04. The number of hydrogen-bond donors (Lipinski definition) is 1. The summed E-state index contributed by atoms with van der Waals surface area (Å²) in [6.07, 6.45) is 4.67. The Labute approximate surface area is 142 Å². The van der Waals surface area contributed by atoms with Gasteiger partial charge in [-0.3, -0.25) is 9.59 Å². The minimum absolute atomic E-state index is 0.0258. The van der Waals surface area contributed by atoms with E-state index in [2.05, 4.69) is 5.32 Å². The SMILES string of the molecule is O=C(Nc1ccccc1C(=O)N1CCOCC1)[C@@H]1C[C@H]2CC[C@H]1C2. The third-order valence-electron chi connectivity index (χ3n) is 5.79.